The molecule has 0 N–H and O–H groups in total. The highest BCUT2D eigenvalue weighted by Crippen LogP contribution is 2.29. The molecule has 0 spiro atoms. The highest BCUT2D eigenvalue weighted by atomic mass is 35.5. The Kier molecular flexibility index (Phi) is 4.05. The molecule has 8 heteroatoms. The summed E-state index contributed by atoms with van der Waals surface area (Å²) in [6, 6.07) is 14.3. The van der Waals surface area contributed by atoms with E-state index in [-0.39, 0.29) is 0 Å². The number of hydrogen-bond acceptors (Lipinski definition) is 6. The predicted octanol–water partition coefficient (Wildman–Crippen LogP) is 3.57. The maximum absolute atomic E-state index is 6.20. The molecule has 0 atom stereocenters. The molecule has 0 fully saturated rings. The number of ether oxygens (including phenoxy) is 1. The van der Waals surface area contributed by atoms with Crippen molar-refractivity contribution in [3.8, 4) is 28.7 Å². The van der Waals surface area contributed by atoms with Gasteiger partial charge in [-0.15, -0.1) is 15.0 Å². The first-order valence-corrected chi connectivity index (χ1v) is 7.76. The number of halogens is 1. The summed E-state index contributed by atoms with van der Waals surface area (Å²) in [6.07, 6.45) is 4.96. The van der Waals surface area contributed by atoms with E-state index in [0.717, 1.165) is 0 Å². The van der Waals surface area contributed by atoms with Gasteiger partial charge in [-0.3, -0.25) is 4.98 Å². The monoisotopic (exact) mass is 350 g/mol. The normalized spacial score (nSPS) is 10.6. The molecule has 4 aromatic rings. The van der Waals surface area contributed by atoms with Crippen molar-refractivity contribution in [3.63, 3.8) is 0 Å². The van der Waals surface area contributed by atoms with Crippen molar-refractivity contribution in [2.24, 2.45) is 0 Å². The average molecular weight is 351 g/mol. The summed E-state index contributed by atoms with van der Waals surface area (Å²) in [6.45, 7) is 0. The third-order valence-corrected chi connectivity index (χ3v) is 3.49. The van der Waals surface area contributed by atoms with E-state index >= 15 is 0 Å². The van der Waals surface area contributed by atoms with Gasteiger partial charge in [0.25, 0.3) is 0 Å². The third-order valence-electron chi connectivity index (χ3n) is 3.27. The number of nitrogens with zero attached hydrogens (tertiary/aromatic N) is 6. The summed E-state index contributed by atoms with van der Waals surface area (Å²) < 4.78 is 5.77. The topological polar surface area (TPSA) is 78.6 Å². The van der Waals surface area contributed by atoms with Gasteiger partial charge in [-0.2, -0.15) is 0 Å². The molecule has 0 amide bonds. The second-order valence-corrected chi connectivity index (χ2v) is 5.49. The summed E-state index contributed by atoms with van der Waals surface area (Å²) in [4.78, 5) is 9.56. The maximum atomic E-state index is 6.20. The van der Waals surface area contributed by atoms with E-state index < -0.39 is 0 Å². The Morgan fingerprint density at radius 3 is 2.72 bits per heavy atom. The van der Waals surface area contributed by atoms with Crippen molar-refractivity contribution in [3.05, 3.63) is 72.1 Å². The van der Waals surface area contributed by atoms with E-state index in [9.17, 15) is 0 Å². The molecule has 1 aromatic carbocycles. The van der Waals surface area contributed by atoms with Crippen LogP contribution in [0.2, 0.25) is 5.02 Å². The van der Waals surface area contributed by atoms with Gasteiger partial charge in [0.1, 0.15) is 11.5 Å². The minimum Gasteiger partial charge on any atom is -0.456 e. The number of rotatable bonds is 4. The van der Waals surface area contributed by atoms with E-state index in [2.05, 4.69) is 25.4 Å². The van der Waals surface area contributed by atoms with Crippen molar-refractivity contribution in [2.45, 2.75) is 0 Å². The van der Waals surface area contributed by atoms with Gasteiger partial charge >= 0.3 is 0 Å². The molecular formula is C17H11ClN6O. The fraction of sp³-hybridized carbons (Fsp3) is 0. The molecule has 3 aromatic heterocycles. The minimum absolute atomic E-state index is 0.421. The van der Waals surface area contributed by atoms with Crippen LogP contribution in [-0.4, -0.2) is 30.2 Å². The van der Waals surface area contributed by atoms with Crippen LogP contribution in [0.5, 0.6) is 11.5 Å². The van der Waals surface area contributed by atoms with Crippen molar-refractivity contribution in [2.75, 3.05) is 0 Å². The van der Waals surface area contributed by atoms with Crippen LogP contribution in [0.4, 0.5) is 0 Å². The second-order valence-electron chi connectivity index (χ2n) is 5.06. The van der Waals surface area contributed by atoms with E-state index in [1.165, 1.54) is 4.80 Å². The molecule has 0 radical (unpaired) electrons. The first-order chi connectivity index (χ1) is 12.3. The fourth-order valence-corrected chi connectivity index (χ4v) is 2.42. The Morgan fingerprint density at radius 2 is 1.92 bits per heavy atom. The number of aromatic nitrogens is 6. The molecule has 4 rings (SSSR count). The first kappa shape index (κ1) is 15.2. The number of benzene rings is 1. The maximum Gasteiger partial charge on any atom is 0.205 e. The van der Waals surface area contributed by atoms with Gasteiger partial charge in [-0.1, -0.05) is 17.7 Å². The molecule has 0 aliphatic heterocycles. The van der Waals surface area contributed by atoms with Crippen LogP contribution < -0.4 is 4.74 Å². The molecule has 25 heavy (non-hydrogen) atoms. The molecule has 0 aliphatic carbocycles. The lowest BCUT2D eigenvalue weighted by Gasteiger charge is -2.06. The zero-order chi connectivity index (χ0) is 17.1. The Bertz CT molecular complexity index is 990. The highest BCUT2D eigenvalue weighted by Gasteiger charge is 2.11. The first-order valence-electron chi connectivity index (χ1n) is 7.38. The molecule has 3 heterocycles. The Hall–Kier alpha value is -3.32. The van der Waals surface area contributed by atoms with Crippen LogP contribution in [0.15, 0.2) is 67.1 Å². The van der Waals surface area contributed by atoms with Gasteiger partial charge in [0, 0.05) is 23.0 Å². The quantitative estimate of drug-likeness (QED) is 0.560. The lowest BCUT2D eigenvalue weighted by molar-refractivity contribution is 0.480. The summed E-state index contributed by atoms with van der Waals surface area (Å²) in [5, 5.41) is 12.9. The lowest BCUT2D eigenvalue weighted by Crippen LogP contribution is -2.00. The van der Waals surface area contributed by atoms with Gasteiger partial charge in [0.05, 0.1) is 6.20 Å². The molecule has 0 aliphatic rings. The molecule has 122 valence electrons. The summed E-state index contributed by atoms with van der Waals surface area (Å²) in [5.41, 5.74) is 0.688. The summed E-state index contributed by atoms with van der Waals surface area (Å²) >= 11 is 6.20. The SMILES string of the molecule is Clc1cc(Oc2cccnc2)cc(-c2nnn(-c3ccccn3)n2)c1. The van der Waals surface area contributed by atoms with Crippen molar-refractivity contribution < 1.29 is 4.74 Å². The van der Waals surface area contributed by atoms with E-state index in [4.69, 9.17) is 16.3 Å². The summed E-state index contributed by atoms with van der Waals surface area (Å²) in [7, 11) is 0. The Morgan fingerprint density at radius 1 is 0.960 bits per heavy atom. The zero-order valence-electron chi connectivity index (χ0n) is 12.8. The standard InChI is InChI=1S/C17H11ClN6O/c18-13-8-12(9-15(10-13)25-14-4-3-6-19-11-14)17-21-23-24(22-17)16-5-1-2-7-20-16/h1-11H. The number of hydrogen-bond donors (Lipinski definition) is 0. The van der Waals surface area contributed by atoms with E-state index in [1.54, 1.807) is 48.9 Å². The molecule has 0 saturated heterocycles. The van der Waals surface area contributed by atoms with E-state index in [1.807, 2.05) is 18.2 Å². The molecule has 0 unspecified atom stereocenters. The molecular weight excluding hydrogens is 340 g/mol. The Balaban J connectivity index is 1.66. The van der Waals surface area contributed by atoms with Crippen molar-refractivity contribution in [1.29, 1.82) is 0 Å². The Labute approximate surface area is 147 Å². The molecule has 0 bridgehead atoms. The van der Waals surface area contributed by atoms with Crippen LogP contribution in [0.25, 0.3) is 17.2 Å². The zero-order valence-corrected chi connectivity index (χ0v) is 13.6. The lowest BCUT2D eigenvalue weighted by atomic mass is 10.2. The molecule has 7 nitrogen and oxygen atoms in total. The minimum atomic E-state index is 0.421. The number of pyridine rings is 2. The van der Waals surface area contributed by atoms with Crippen molar-refractivity contribution in [1.82, 2.24) is 30.2 Å². The van der Waals surface area contributed by atoms with Crippen LogP contribution in [-0.2, 0) is 0 Å². The van der Waals surface area contributed by atoms with Crippen LogP contribution in [0.1, 0.15) is 0 Å². The van der Waals surface area contributed by atoms with Gasteiger partial charge in [0.15, 0.2) is 5.82 Å². The highest BCUT2D eigenvalue weighted by molar-refractivity contribution is 6.31. The third kappa shape index (κ3) is 3.46. The largest absolute Gasteiger partial charge is 0.456 e. The van der Waals surface area contributed by atoms with Crippen molar-refractivity contribution >= 4 is 11.6 Å². The number of tetrazole rings is 1. The van der Waals surface area contributed by atoms with Gasteiger partial charge in [-0.05, 0) is 47.7 Å². The van der Waals surface area contributed by atoms with Crippen LogP contribution in [0.3, 0.4) is 0 Å². The van der Waals surface area contributed by atoms with E-state index in [0.29, 0.717) is 33.7 Å². The van der Waals surface area contributed by atoms with Crippen LogP contribution >= 0.6 is 11.6 Å². The smallest absolute Gasteiger partial charge is 0.205 e. The molecule has 0 saturated carbocycles. The van der Waals surface area contributed by atoms with Gasteiger partial charge in [-0.25, -0.2) is 4.98 Å². The fourth-order valence-electron chi connectivity index (χ4n) is 2.19. The van der Waals surface area contributed by atoms with Crippen LogP contribution in [0, 0.1) is 0 Å². The average Bonchev–Trinajstić information content (AvgIpc) is 3.13. The second kappa shape index (κ2) is 6.66. The van der Waals surface area contributed by atoms with Gasteiger partial charge < -0.3 is 4.74 Å². The predicted molar refractivity (Wildman–Crippen MR) is 91.7 cm³/mol. The van der Waals surface area contributed by atoms with Gasteiger partial charge in [0.2, 0.25) is 5.82 Å². The summed E-state index contributed by atoms with van der Waals surface area (Å²) in [5.74, 6) is 2.17.